The SMILES string of the molecule is CC(CC(N)=S)n1c(=O)[nH][nH]c1=O. The van der Waals surface area contributed by atoms with E-state index in [0.29, 0.717) is 6.42 Å². The third-order valence-corrected chi connectivity index (χ3v) is 1.82. The Balaban J connectivity index is 3.01. The average molecular weight is 202 g/mol. The van der Waals surface area contributed by atoms with Crippen molar-refractivity contribution in [3.8, 4) is 0 Å². The highest BCUT2D eigenvalue weighted by Crippen LogP contribution is 2.03. The van der Waals surface area contributed by atoms with Gasteiger partial charge in [0.15, 0.2) is 0 Å². The van der Waals surface area contributed by atoms with Crippen LogP contribution >= 0.6 is 12.2 Å². The van der Waals surface area contributed by atoms with Crippen molar-refractivity contribution in [2.75, 3.05) is 0 Å². The molecule has 1 aromatic heterocycles. The molecule has 1 atom stereocenters. The molecule has 0 fully saturated rings. The van der Waals surface area contributed by atoms with E-state index in [1.54, 1.807) is 6.92 Å². The number of rotatable bonds is 3. The highest BCUT2D eigenvalue weighted by Gasteiger charge is 2.11. The van der Waals surface area contributed by atoms with Crippen LogP contribution in [0.3, 0.4) is 0 Å². The van der Waals surface area contributed by atoms with Crippen LogP contribution in [-0.4, -0.2) is 19.8 Å². The summed E-state index contributed by atoms with van der Waals surface area (Å²) in [6.07, 6.45) is 0.330. The largest absolute Gasteiger partial charge is 0.393 e. The molecule has 0 aliphatic carbocycles. The maximum absolute atomic E-state index is 11.1. The minimum Gasteiger partial charge on any atom is -0.393 e. The second-order valence-corrected chi connectivity index (χ2v) is 3.27. The van der Waals surface area contributed by atoms with E-state index in [-0.39, 0.29) is 11.0 Å². The molecule has 1 unspecified atom stereocenters. The van der Waals surface area contributed by atoms with E-state index in [1.807, 2.05) is 0 Å². The van der Waals surface area contributed by atoms with Crippen molar-refractivity contribution < 1.29 is 0 Å². The standard InChI is InChI=1S/C6H10N4O2S/c1-3(2-4(7)13)10-5(11)8-9-6(10)12/h3H,2H2,1H3,(H2,7,13)(H,8,11)(H,9,12). The molecule has 0 saturated carbocycles. The van der Waals surface area contributed by atoms with Gasteiger partial charge in [-0.2, -0.15) is 0 Å². The van der Waals surface area contributed by atoms with Crippen molar-refractivity contribution in [3.05, 3.63) is 21.0 Å². The monoisotopic (exact) mass is 202 g/mol. The minimum absolute atomic E-state index is 0.278. The normalized spacial score (nSPS) is 12.7. The van der Waals surface area contributed by atoms with Gasteiger partial charge in [-0.25, -0.2) is 24.4 Å². The van der Waals surface area contributed by atoms with Crippen LogP contribution in [0.2, 0.25) is 0 Å². The first-order chi connectivity index (χ1) is 6.02. The second-order valence-electron chi connectivity index (χ2n) is 2.75. The fourth-order valence-electron chi connectivity index (χ4n) is 1.10. The number of nitrogens with two attached hydrogens (primary N) is 1. The van der Waals surface area contributed by atoms with Gasteiger partial charge in [-0.3, -0.25) is 0 Å². The van der Waals surface area contributed by atoms with E-state index in [9.17, 15) is 9.59 Å². The molecule has 7 heteroatoms. The molecule has 0 radical (unpaired) electrons. The van der Waals surface area contributed by atoms with Gasteiger partial charge in [-0.15, -0.1) is 0 Å². The lowest BCUT2D eigenvalue weighted by molar-refractivity contribution is 0.534. The minimum atomic E-state index is -0.478. The van der Waals surface area contributed by atoms with Crippen molar-refractivity contribution in [2.24, 2.45) is 5.73 Å². The zero-order valence-corrected chi connectivity index (χ0v) is 7.85. The third-order valence-electron chi connectivity index (χ3n) is 1.65. The van der Waals surface area contributed by atoms with Crippen molar-refractivity contribution in [1.29, 1.82) is 0 Å². The molecular formula is C6H10N4O2S. The summed E-state index contributed by atoms with van der Waals surface area (Å²) in [5.74, 6) is 0. The molecule has 0 bridgehead atoms. The van der Waals surface area contributed by atoms with Crippen LogP contribution in [0.1, 0.15) is 19.4 Å². The molecule has 0 aromatic carbocycles. The molecule has 0 aliphatic rings. The predicted molar refractivity (Wildman–Crippen MR) is 51.8 cm³/mol. The first-order valence-electron chi connectivity index (χ1n) is 3.70. The summed E-state index contributed by atoms with van der Waals surface area (Å²) in [4.78, 5) is 22.4. The van der Waals surface area contributed by atoms with E-state index >= 15 is 0 Å². The number of thiocarbonyl (C=S) groups is 1. The highest BCUT2D eigenvalue weighted by atomic mass is 32.1. The zero-order chi connectivity index (χ0) is 10.0. The van der Waals surface area contributed by atoms with Gasteiger partial charge >= 0.3 is 11.4 Å². The molecule has 0 spiro atoms. The Bertz CT molecular complexity index is 387. The fraction of sp³-hybridized carbons (Fsp3) is 0.500. The van der Waals surface area contributed by atoms with Gasteiger partial charge in [0.25, 0.3) is 0 Å². The lowest BCUT2D eigenvalue weighted by Gasteiger charge is -2.08. The van der Waals surface area contributed by atoms with Crippen LogP contribution in [0.15, 0.2) is 9.59 Å². The smallest absolute Gasteiger partial charge is 0.344 e. The van der Waals surface area contributed by atoms with Crippen LogP contribution in [0.5, 0.6) is 0 Å². The zero-order valence-electron chi connectivity index (χ0n) is 7.03. The lowest BCUT2D eigenvalue weighted by atomic mass is 10.2. The molecule has 0 saturated heterocycles. The van der Waals surface area contributed by atoms with Crippen molar-refractivity contribution in [1.82, 2.24) is 14.8 Å². The Kier molecular flexibility index (Phi) is 2.66. The lowest BCUT2D eigenvalue weighted by Crippen LogP contribution is -2.31. The van der Waals surface area contributed by atoms with Crippen molar-refractivity contribution in [3.63, 3.8) is 0 Å². The summed E-state index contributed by atoms with van der Waals surface area (Å²) < 4.78 is 1.04. The van der Waals surface area contributed by atoms with Crippen LogP contribution in [-0.2, 0) is 0 Å². The van der Waals surface area contributed by atoms with E-state index in [2.05, 4.69) is 22.4 Å². The van der Waals surface area contributed by atoms with Crippen LogP contribution in [0.4, 0.5) is 0 Å². The summed E-state index contributed by atoms with van der Waals surface area (Å²) in [6, 6.07) is -0.319. The van der Waals surface area contributed by atoms with E-state index < -0.39 is 11.4 Å². The molecule has 72 valence electrons. The summed E-state index contributed by atoms with van der Waals surface area (Å²) in [6.45, 7) is 1.70. The quantitative estimate of drug-likeness (QED) is 0.553. The van der Waals surface area contributed by atoms with E-state index in [0.717, 1.165) is 4.57 Å². The van der Waals surface area contributed by atoms with Crippen LogP contribution < -0.4 is 17.1 Å². The van der Waals surface area contributed by atoms with Gasteiger partial charge in [-0.1, -0.05) is 12.2 Å². The second kappa shape index (κ2) is 3.56. The Morgan fingerprint density at radius 2 is 2.00 bits per heavy atom. The molecule has 0 amide bonds. The topological polar surface area (TPSA) is 96.7 Å². The predicted octanol–water partition coefficient (Wildman–Crippen LogP) is -0.898. The van der Waals surface area contributed by atoms with Crippen LogP contribution in [0, 0.1) is 0 Å². The average Bonchev–Trinajstić information content (AvgIpc) is 2.29. The summed E-state index contributed by atoms with van der Waals surface area (Å²) >= 11 is 4.67. The number of H-pyrrole nitrogens is 2. The number of nitrogens with zero attached hydrogens (tertiary/aromatic N) is 1. The molecule has 13 heavy (non-hydrogen) atoms. The summed E-state index contributed by atoms with van der Waals surface area (Å²) in [5.41, 5.74) is 4.34. The van der Waals surface area contributed by atoms with Gasteiger partial charge in [0.05, 0.1) is 4.99 Å². The molecule has 1 rings (SSSR count). The number of hydrogen-bond acceptors (Lipinski definition) is 3. The molecule has 1 heterocycles. The highest BCUT2D eigenvalue weighted by molar-refractivity contribution is 7.80. The third kappa shape index (κ3) is 2.05. The fourth-order valence-corrected chi connectivity index (χ4v) is 1.34. The Morgan fingerprint density at radius 1 is 1.54 bits per heavy atom. The Hall–Kier alpha value is -1.37. The van der Waals surface area contributed by atoms with E-state index in [1.165, 1.54) is 0 Å². The van der Waals surface area contributed by atoms with Gasteiger partial charge in [-0.05, 0) is 6.92 Å². The van der Waals surface area contributed by atoms with Gasteiger partial charge in [0.2, 0.25) is 0 Å². The van der Waals surface area contributed by atoms with Gasteiger partial charge < -0.3 is 5.73 Å². The summed E-state index contributed by atoms with van der Waals surface area (Å²) in [7, 11) is 0. The summed E-state index contributed by atoms with van der Waals surface area (Å²) in [5, 5.41) is 4.35. The Morgan fingerprint density at radius 3 is 2.38 bits per heavy atom. The van der Waals surface area contributed by atoms with E-state index in [4.69, 9.17) is 5.73 Å². The van der Waals surface area contributed by atoms with Gasteiger partial charge in [0, 0.05) is 12.5 Å². The van der Waals surface area contributed by atoms with Crippen molar-refractivity contribution >= 4 is 17.2 Å². The number of aromatic amines is 2. The maximum atomic E-state index is 11.1. The molecule has 6 nitrogen and oxygen atoms in total. The Labute approximate surface area is 78.7 Å². The first kappa shape index (κ1) is 9.72. The van der Waals surface area contributed by atoms with Crippen molar-refractivity contribution in [2.45, 2.75) is 19.4 Å². The number of nitrogens with one attached hydrogen (secondary N) is 2. The van der Waals surface area contributed by atoms with Crippen LogP contribution in [0.25, 0.3) is 0 Å². The molecular weight excluding hydrogens is 192 g/mol. The van der Waals surface area contributed by atoms with Gasteiger partial charge in [0.1, 0.15) is 0 Å². The molecule has 4 N–H and O–H groups in total. The molecule has 0 aliphatic heterocycles. The number of hydrogen-bond donors (Lipinski definition) is 3. The number of aromatic nitrogens is 3. The molecule has 1 aromatic rings. The maximum Gasteiger partial charge on any atom is 0.344 e. The first-order valence-corrected chi connectivity index (χ1v) is 4.10.